The summed E-state index contributed by atoms with van der Waals surface area (Å²) in [4.78, 5) is 33.8. The summed E-state index contributed by atoms with van der Waals surface area (Å²) in [6.07, 6.45) is 2.79. The van der Waals surface area contributed by atoms with E-state index in [4.69, 9.17) is 14.2 Å². The van der Waals surface area contributed by atoms with Crippen LogP contribution in [0.3, 0.4) is 0 Å². The van der Waals surface area contributed by atoms with E-state index in [1.54, 1.807) is 6.92 Å². The van der Waals surface area contributed by atoms with Crippen LogP contribution in [-0.2, 0) is 28.6 Å². The van der Waals surface area contributed by atoms with Gasteiger partial charge in [0, 0.05) is 12.2 Å². The first-order valence-electron chi connectivity index (χ1n) is 6.41. The Hall–Kier alpha value is -1.57. The van der Waals surface area contributed by atoms with Gasteiger partial charge in [0.15, 0.2) is 0 Å². The number of ether oxygens (including phenoxy) is 3. The minimum absolute atomic E-state index is 0.241. The lowest BCUT2D eigenvalue weighted by atomic mass is 10.5. The molecule has 2 amide bonds. The van der Waals surface area contributed by atoms with Crippen molar-refractivity contribution >= 4 is 18.1 Å². The SMILES string of the molecule is C[C@@H](C=O)OCCOCCOCCN1C(=O)C=CC1=O. The number of nitrogens with zero attached hydrogens (tertiary/aromatic N) is 1. The number of hydrogen-bond acceptors (Lipinski definition) is 6. The fraction of sp³-hybridized carbons (Fsp3) is 0.615. The van der Waals surface area contributed by atoms with Crippen molar-refractivity contribution in [3.63, 3.8) is 0 Å². The normalized spacial score (nSPS) is 15.9. The second kappa shape index (κ2) is 9.35. The van der Waals surface area contributed by atoms with E-state index >= 15 is 0 Å². The molecule has 1 atom stereocenters. The van der Waals surface area contributed by atoms with Crippen LogP contribution in [0.5, 0.6) is 0 Å². The Kier molecular flexibility index (Phi) is 7.71. The Morgan fingerprint density at radius 1 is 1.05 bits per heavy atom. The monoisotopic (exact) mass is 285 g/mol. The molecule has 0 aromatic carbocycles. The van der Waals surface area contributed by atoms with E-state index in [9.17, 15) is 14.4 Å². The van der Waals surface area contributed by atoms with Crippen molar-refractivity contribution in [3.05, 3.63) is 12.2 Å². The molecule has 1 heterocycles. The van der Waals surface area contributed by atoms with Crippen molar-refractivity contribution in [1.82, 2.24) is 4.90 Å². The third kappa shape index (κ3) is 6.05. The Morgan fingerprint density at radius 2 is 1.60 bits per heavy atom. The fourth-order valence-corrected chi connectivity index (χ4v) is 1.46. The highest BCUT2D eigenvalue weighted by Gasteiger charge is 2.22. The van der Waals surface area contributed by atoms with Crippen LogP contribution in [0.4, 0.5) is 0 Å². The van der Waals surface area contributed by atoms with E-state index in [0.29, 0.717) is 26.4 Å². The van der Waals surface area contributed by atoms with Gasteiger partial charge in [0.1, 0.15) is 12.4 Å². The zero-order chi connectivity index (χ0) is 14.8. The summed E-state index contributed by atoms with van der Waals surface area (Å²) in [5.41, 5.74) is 0. The smallest absolute Gasteiger partial charge is 0.253 e. The molecule has 20 heavy (non-hydrogen) atoms. The van der Waals surface area contributed by atoms with E-state index in [1.165, 1.54) is 12.2 Å². The van der Waals surface area contributed by atoms with Crippen molar-refractivity contribution in [3.8, 4) is 0 Å². The van der Waals surface area contributed by atoms with Crippen LogP contribution in [0.25, 0.3) is 0 Å². The molecule has 112 valence electrons. The number of aldehydes is 1. The summed E-state index contributed by atoms with van der Waals surface area (Å²) in [6, 6.07) is 0. The standard InChI is InChI=1S/C13H19NO6/c1-11(10-15)20-9-8-19-7-6-18-5-4-14-12(16)2-3-13(14)17/h2-3,10-11H,4-9H2,1H3/t11-/m0/s1. The molecular formula is C13H19NO6. The van der Waals surface area contributed by atoms with Gasteiger partial charge in [-0.3, -0.25) is 14.5 Å². The molecule has 0 N–H and O–H groups in total. The number of hydrogen-bond donors (Lipinski definition) is 0. The predicted molar refractivity (Wildman–Crippen MR) is 69.0 cm³/mol. The van der Waals surface area contributed by atoms with Gasteiger partial charge in [-0.25, -0.2) is 0 Å². The third-order valence-corrected chi connectivity index (χ3v) is 2.53. The molecule has 0 aliphatic carbocycles. The minimum Gasteiger partial charge on any atom is -0.377 e. The lowest BCUT2D eigenvalue weighted by Gasteiger charge is -2.13. The highest BCUT2D eigenvalue weighted by Crippen LogP contribution is 2.02. The molecule has 0 aromatic heterocycles. The quantitative estimate of drug-likeness (QED) is 0.290. The van der Waals surface area contributed by atoms with Gasteiger partial charge in [-0.2, -0.15) is 0 Å². The maximum absolute atomic E-state index is 11.2. The molecule has 0 aromatic rings. The average molecular weight is 285 g/mol. The molecule has 1 aliphatic heterocycles. The van der Waals surface area contributed by atoms with Gasteiger partial charge >= 0.3 is 0 Å². The number of rotatable bonds is 11. The molecule has 0 bridgehead atoms. The van der Waals surface area contributed by atoms with Crippen molar-refractivity contribution in [2.45, 2.75) is 13.0 Å². The summed E-state index contributed by atoms with van der Waals surface area (Å²) in [5.74, 6) is -0.618. The predicted octanol–water partition coefficient (Wildman–Crippen LogP) is -0.451. The van der Waals surface area contributed by atoms with Gasteiger partial charge in [0.2, 0.25) is 0 Å². The number of carbonyl (C=O) groups is 3. The van der Waals surface area contributed by atoms with E-state index < -0.39 is 6.10 Å². The topological polar surface area (TPSA) is 82.1 Å². The van der Waals surface area contributed by atoms with Crippen LogP contribution >= 0.6 is 0 Å². The zero-order valence-electron chi connectivity index (χ0n) is 11.4. The van der Waals surface area contributed by atoms with Crippen LogP contribution < -0.4 is 0 Å². The fourth-order valence-electron chi connectivity index (χ4n) is 1.46. The average Bonchev–Trinajstić information content (AvgIpc) is 2.76. The first kappa shape index (κ1) is 16.5. The highest BCUT2D eigenvalue weighted by molar-refractivity contribution is 6.12. The van der Waals surface area contributed by atoms with Crippen LogP contribution in [0.15, 0.2) is 12.2 Å². The molecule has 1 aliphatic rings. The molecule has 0 radical (unpaired) electrons. The number of amides is 2. The molecule has 1 rings (SSSR count). The van der Waals surface area contributed by atoms with Crippen LogP contribution in [0.1, 0.15) is 6.92 Å². The maximum atomic E-state index is 11.2. The van der Waals surface area contributed by atoms with E-state index in [-0.39, 0.29) is 25.0 Å². The molecule has 0 fully saturated rings. The first-order chi connectivity index (χ1) is 9.65. The molecule has 7 heteroatoms. The summed E-state index contributed by atoms with van der Waals surface area (Å²) in [5, 5.41) is 0. The van der Waals surface area contributed by atoms with Crippen molar-refractivity contribution in [2.24, 2.45) is 0 Å². The lowest BCUT2D eigenvalue weighted by Crippen LogP contribution is -2.33. The van der Waals surface area contributed by atoms with Gasteiger partial charge in [-0.15, -0.1) is 0 Å². The second-order valence-corrected chi connectivity index (χ2v) is 4.10. The van der Waals surface area contributed by atoms with Crippen LogP contribution in [0, 0.1) is 0 Å². The Bertz CT molecular complexity index is 350. The molecule has 0 saturated heterocycles. The van der Waals surface area contributed by atoms with Crippen molar-refractivity contribution < 1.29 is 28.6 Å². The number of carbonyl (C=O) groups excluding carboxylic acids is 3. The minimum atomic E-state index is -0.418. The Morgan fingerprint density at radius 3 is 2.20 bits per heavy atom. The Balaban J connectivity index is 1.89. The van der Waals surface area contributed by atoms with Crippen molar-refractivity contribution in [2.75, 3.05) is 39.6 Å². The largest absolute Gasteiger partial charge is 0.377 e. The van der Waals surface area contributed by atoms with Gasteiger partial charge < -0.3 is 19.0 Å². The van der Waals surface area contributed by atoms with E-state index in [1.807, 2.05) is 0 Å². The Labute approximate surface area is 117 Å². The molecule has 0 spiro atoms. The van der Waals surface area contributed by atoms with Gasteiger partial charge in [-0.1, -0.05) is 0 Å². The zero-order valence-corrected chi connectivity index (χ0v) is 11.4. The first-order valence-corrected chi connectivity index (χ1v) is 6.41. The summed E-state index contributed by atoms with van der Waals surface area (Å²) >= 11 is 0. The van der Waals surface area contributed by atoms with Crippen LogP contribution in [0.2, 0.25) is 0 Å². The lowest BCUT2D eigenvalue weighted by molar-refractivity contribution is -0.137. The highest BCUT2D eigenvalue weighted by atomic mass is 16.5. The molecule has 0 unspecified atom stereocenters. The second-order valence-electron chi connectivity index (χ2n) is 4.10. The number of imide groups is 1. The molecule has 0 saturated carbocycles. The van der Waals surface area contributed by atoms with Gasteiger partial charge in [0.05, 0.1) is 39.6 Å². The van der Waals surface area contributed by atoms with Gasteiger partial charge in [-0.05, 0) is 6.92 Å². The maximum Gasteiger partial charge on any atom is 0.253 e. The van der Waals surface area contributed by atoms with Gasteiger partial charge in [0.25, 0.3) is 11.8 Å². The molecule has 7 nitrogen and oxygen atoms in total. The van der Waals surface area contributed by atoms with E-state index in [0.717, 1.165) is 11.2 Å². The van der Waals surface area contributed by atoms with Crippen LogP contribution in [-0.4, -0.2) is 68.7 Å². The summed E-state index contributed by atoms with van der Waals surface area (Å²) in [6.45, 7) is 3.67. The van der Waals surface area contributed by atoms with Crippen molar-refractivity contribution in [1.29, 1.82) is 0 Å². The summed E-state index contributed by atoms with van der Waals surface area (Å²) in [7, 11) is 0. The third-order valence-electron chi connectivity index (χ3n) is 2.53. The molecular weight excluding hydrogens is 266 g/mol. The summed E-state index contributed by atoms with van der Waals surface area (Å²) < 4.78 is 15.5. The van der Waals surface area contributed by atoms with E-state index in [2.05, 4.69) is 0 Å².